The molecule has 0 aliphatic rings. The number of phosphoric acid groups is 2. The fourth-order valence-corrected chi connectivity index (χ4v) is 12.7. The highest BCUT2D eigenvalue weighted by Crippen LogP contribution is 2.45. The summed E-state index contributed by atoms with van der Waals surface area (Å²) in [6.07, 6.45) is 47.5. The summed E-state index contributed by atoms with van der Waals surface area (Å²) in [5.41, 5.74) is 0. The van der Waals surface area contributed by atoms with E-state index in [0.717, 1.165) is 114 Å². The van der Waals surface area contributed by atoms with Crippen molar-refractivity contribution in [2.24, 2.45) is 23.7 Å². The van der Waals surface area contributed by atoms with Crippen molar-refractivity contribution in [2.75, 3.05) is 39.6 Å². The lowest BCUT2D eigenvalue weighted by atomic mass is 10.00. The number of phosphoric ester groups is 2. The van der Waals surface area contributed by atoms with E-state index in [2.05, 4.69) is 55.4 Å². The van der Waals surface area contributed by atoms with E-state index in [1.54, 1.807) is 0 Å². The van der Waals surface area contributed by atoms with Gasteiger partial charge in [-0.05, 0) is 49.4 Å². The maximum atomic E-state index is 13.0. The van der Waals surface area contributed by atoms with E-state index in [0.29, 0.717) is 31.6 Å². The average Bonchev–Trinajstić information content (AvgIpc) is 1.94. The Hall–Kier alpha value is -1.94. The molecule has 0 saturated heterocycles. The molecule has 0 rings (SSSR count). The van der Waals surface area contributed by atoms with Gasteiger partial charge in [0.2, 0.25) is 0 Å². The Kier molecular flexibility index (Phi) is 62.2. The van der Waals surface area contributed by atoms with Gasteiger partial charge in [0.05, 0.1) is 26.4 Å². The number of ether oxygens (including phenoxy) is 4. The summed E-state index contributed by atoms with van der Waals surface area (Å²) < 4.78 is 68.3. The number of aliphatic hydroxyl groups excluding tert-OH is 1. The molecule has 19 heteroatoms. The fourth-order valence-electron chi connectivity index (χ4n) is 11.2. The molecule has 0 spiro atoms. The Balaban J connectivity index is 5.14. The Morgan fingerprint density at radius 3 is 0.763 bits per heavy atom. The van der Waals surface area contributed by atoms with Crippen LogP contribution in [0.5, 0.6) is 0 Å². The second kappa shape index (κ2) is 63.5. The maximum absolute atomic E-state index is 13.0. The van der Waals surface area contributed by atoms with Gasteiger partial charge in [-0.1, -0.05) is 319 Å². The second-order valence-corrected chi connectivity index (χ2v) is 31.3. The standard InChI is InChI=1S/C74H144O17P2/c1-9-67(8)53-45-37-32-33-39-47-55-72(77)85-61-70(90-73(78)56-48-40-30-24-20-22-27-35-43-51-65(4)5)63-89-93(82,83)87-59-68(75)58-86-92(80,81)88-62-69(91-74(79)57-49-41-31-25-28-36-44-52-66(6)7)60-84-71(76)54-46-38-29-23-19-17-15-13-11-10-12-14-16-18-21-26-34-42-50-64(2)3/h64-70,75H,9-63H2,1-8H3,(H,80,81)(H,82,83)/t67?,68-,69-,70-/m1/s1. The largest absolute Gasteiger partial charge is 0.472 e. The van der Waals surface area contributed by atoms with Gasteiger partial charge in [-0.25, -0.2) is 9.13 Å². The normalized spacial score (nSPS) is 14.5. The molecule has 0 amide bonds. The number of carbonyl (C=O) groups is 4. The predicted molar refractivity (Wildman–Crippen MR) is 377 cm³/mol. The summed E-state index contributed by atoms with van der Waals surface area (Å²) in [6, 6.07) is 0. The van der Waals surface area contributed by atoms with Crippen molar-refractivity contribution in [2.45, 2.75) is 388 Å². The topological polar surface area (TPSA) is 237 Å². The van der Waals surface area contributed by atoms with E-state index in [4.69, 9.17) is 37.0 Å². The molecule has 0 aromatic carbocycles. The summed E-state index contributed by atoms with van der Waals surface area (Å²) in [5, 5.41) is 10.6. The quantitative estimate of drug-likeness (QED) is 0.0222. The molecule has 93 heavy (non-hydrogen) atoms. The molecule has 6 atom stereocenters. The lowest BCUT2D eigenvalue weighted by Gasteiger charge is -2.21. The average molecular weight is 1370 g/mol. The molecule has 552 valence electrons. The second-order valence-electron chi connectivity index (χ2n) is 28.4. The monoisotopic (exact) mass is 1370 g/mol. The molecule has 0 fully saturated rings. The van der Waals surface area contributed by atoms with Gasteiger partial charge < -0.3 is 33.8 Å². The number of esters is 4. The molecule has 0 aliphatic carbocycles. The molecule has 0 aliphatic heterocycles. The predicted octanol–water partition coefficient (Wildman–Crippen LogP) is 21.3. The van der Waals surface area contributed by atoms with Crippen LogP contribution in [0.2, 0.25) is 0 Å². The minimum atomic E-state index is -4.95. The maximum Gasteiger partial charge on any atom is 0.472 e. The lowest BCUT2D eigenvalue weighted by Crippen LogP contribution is -2.30. The minimum absolute atomic E-state index is 0.103. The van der Waals surface area contributed by atoms with Crippen LogP contribution in [-0.2, 0) is 65.4 Å². The van der Waals surface area contributed by atoms with Crippen LogP contribution >= 0.6 is 15.6 Å². The van der Waals surface area contributed by atoms with Crippen molar-refractivity contribution in [3.8, 4) is 0 Å². The molecule has 3 N–H and O–H groups in total. The molecule has 3 unspecified atom stereocenters. The third-order valence-electron chi connectivity index (χ3n) is 17.4. The summed E-state index contributed by atoms with van der Waals surface area (Å²) in [5.74, 6) is 0.857. The zero-order valence-corrected chi connectivity index (χ0v) is 62.7. The number of carbonyl (C=O) groups excluding carboxylic acids is 4. The van der Waals surface area contributed by atoms with Crippen molar-refractivity contribution in [3.63, 3.8) is 0 Å². The van der Waals surface area contributed by atoms with Crippen LogP contribution in [0.3, 0.4) is 0 Å². The van der Waals surface area contributed by atoms with Crippen molar-refractivity contribution >= 4 is 39.5 Å². The van der Waals surface area contributed by atoms with E-state index in [1.807, 2.05) is 0 Å². The van der Waals surface area contributed by atoms with Gasteiger partial charge in [0.25, 0.3) is 0 Å². The van der Waals surface area contributed by atoms with Gasteiger partial charge >= 0.3 is 39.5 Å². The molecule has 0 radical (unpaired) electrons. The Bertz CT molecular complexity index is 1840. The van der Waals surface area contributed by atoms with Crippen molar-refractivity contribution in [1.29, 1.82) is 0 Å². The zero-order valence-electron chi connectivity index (χ0n) is 60.9. The van der Waals surface area contributed by atoms with E-state index in [-0.39, 0.29) is 25.7 Å². The van der Waals surface area contributed by atoms with Crippen LogP contribution in [0, 0.1) is 23.7 Å². The highest BCUT2D eigenvalue weighted by Gasteiger charge is 2.30. The van der Waals surface area contributed by atoms with Crippen LogP contribution in [0.1, 0.15) is 370 Å². The Morgan fingerprint density at radius 2 is 0.516 bits per heavy atom. The van der Waals surface area contributed by atoms with Crippen LogP contribution in [-0.4, -0.2) is 96.7 Å². The fraction of sp³-hybridized carbons (Fsp3) is 0.946. The summed E-state index contributed by atoms with van der Waals surface area (Å²) in [6.45, 7) is 14.1. The Morgan fingerprint density at radius 1 is 0.301 bits per heavy atom. The lowest BCUT2D eigenvalue weighted by molar-refractivity contribution is -0.161. The van der Waals surface area contributed by atoms with E-state index < -0.39 is 97.5 Å². The first kappa shape index (κ1) is 91.1. The van der Waals surface area contributed by atoms with Gasteiger partial charge in [-0.3, -0.25) is 37.3 Å². The van der Waals surface area contributed by atoms with Gasteiger partial charge in [0, 0.05) is 25.7 Å². The van der Waals surface area contributed by atoms with Crippen molar-refractivity contribution in [1.82, 2.24) is 0 Å². The highest BCUT2D eigenvalue weighted by molar-refractivity contribution is 7.47. The van der Waals surface area contributed by atoms with Gasteiger partial charge in [0.15, 0.2) is 12.2 Å². The molecule has 17 nitrogen and oxygen atoms in total. The van der Waals surface area contributed by atoms with E-state index in [9.17, 15) is 43.2 Å². The van der Waals surface area contributed by atoms with Crippen molar-refractivity contribution < 1.29 is 80.2 Å². The minimum Gasteiger partial charge on any atom is -0.462 e. The molecular weight excluding hydrogens is 1220 g/mol. The van der Waals surface area contributed by atoms with Crippen LogP contribution in [0.4, 0.5) is 0 Å². The van der Waals surface area contributed by atoms with Crippen molar-refractivity contribution in [3.05, 3.63) is 0 Å². The number of hydrogen-bond acceptors (Lipinski definition) is 15. The first-order valence-corrected chi connectivity index (χ1v) is 41.2. The first-order valence-electron chi connectivity index (χ1n) is 38.2. The van der Waals surface area contributed by atoms with Gasteiger partial charge in [-0.2, -0.15) is 0 Å². The SMILES string of the molecule is CCC(C)CCCCCCCCC(=O)OC[C@H](COP(=O)(O)OC[C@H](O)COP(=O)(O)OC[C@@H](COC(=O)CCCCCCCCCCCCCCCCCCCCC(C)C)OC(=O)CCCCCCCCCC(C)C)OC(=O)CCCCCCCCCCCC(C)C. The van der Waals surface area contributed by atoms with Gasteiger partial charge in [0.1, 0.15) is 19.3 Å². The number of hydrogen-bond donors (Lipinski definition) is 3. The van der Waals surface area contributed by atoms with E-state index in [1.165, 1.54) is 167 Å². The van der Waals surface area contributed by atoms with Gasteiger partial charge in [-0.15, -0.1) is 0 Å². The smallest absolute Gasteiger partial charge is 0.462 e. The summed E-state index contributed by atoms with van der Waals surface area (Å²) >= 11 is 0. The summed E-state index contributed by atoms with van der Waals surface area (Å²) in [4.78, 5) is 72.6. The molecular formula is C74H144O17P2. The number of aliphatic hydroxyl groups is 1. The first-order chi connectivity index (χ1) is 44.6. The zero-order chi connectivity index (χ0) is 68.9. The third kappa shape index (κ3) is 67.0. The molecule has 0 saturated carbocycles. The Labute approximate surface area is 568 Å². The summed E-state index contributed by atoms with van der Waals surface area (Å²) in [7, 11) is -9.91. The van der Waals surface area contributed by atoms with Crippen LogP contribution in [0.15, 0.2) is 0 Å². The number of unbranched alkanes of at least 4 members (excludes halogenated alkanes) is 36. The highest BCUT2D eigenvalue weighted by atomic mass is 31.2. The van der Waals surface area contributed by atoms with E-state index >= 15 is 0 Å². The van der Waals surface area contributed by atoms with Crippen LogP contribution in [0.25, 0.3) is 0 Å². The third-order valence-corrected chi connectivity index (χ3v) is 19.3. The molecule has 0 aromatic heterocycles. The molecule has 0 aromatic rings. The number of rotatable bonds is 71. The molecule has 0 heterocycles. The molecule has 0 bridgehead atoms. The van der Waals surface area contributed by atoms with Crippen LogP contribution < -0.4 is 0 Å².